The molecular formula is C17H18ClNO5S. The second-order valence-corrected chi connectivity index (χ2v) is 7.50. The number of anilines is 1. The third-order valence-corrected chi connectivity index (χ3v) is 5.43. The van der Waals surface area contributed by atoms with Crippen LogP contribution < -0.4 is 13.8 Å². The van der Waals surface area contributed by atoms with Crippen LogP contribution in [0.3, 0.4) is 0 Å². The molecule has 0 heterocycles. The number of methoxy groups -OCH3 is 2. The van der Waals surface area contributed by atoms with Crippen LogP contribution in [0.4, 0.5) is 5.69 Å². The van der Waals surface area contributed by atoms with Gasteiger partial charge < -0.3 is 9.47 Å². The fourth-order valence-electron chi connectivity index (χ4n) is 2.24. The maximum atomic E-state index is 13.0. The predicted molar refractivity (Wildman–Crippen MR) is 96.1 cm³/mol. The number of sulfonamides is 1. The third kappa shape index (κ3) is 4.24. The number of benzene rings is 2. The summed E-state index contributed by atoms with van der Waals surface area (Å²) in [5.74, 6) is 0.735. The van der Waals surface area contributed by atoms with Crippen LogP contribution in [0.1, 0.15) is 5.56 Å². The first-order chi connectivity index (χ1) is 11.8. The van der Waals surface area contributed by atoms with Gasteiger partial charge in [-0.1, -0.05) is 17.7 Å². The van der Waals surface area contributed by atoms with Gasteiger partial charge in [-0.2, -0.15) is 0 Å². The van der Waals surface area contributed by atoms with Crippen LogP contribution in [0.15, 0.2) is 47.4 Å². The fourth-order valence-corrected chi connectivity index (χ4v) is 3.86. The van der Waals surface area contributed by atoms with Crippen molar-refractivity contribution >= 4 is 32.6 Å². The molecule has 134 valence electrons. The average molecular weight is 384 g/mol. The van der Waals surface area contributed by atoms with E-state index in [-0.39, 0.29) is 16.3 Å². The summed E-state index contributed by atoms with van der Waals surface area (Å²) in [6, 6.07) is 10.9. The maximum absolute atomic E-state index is 13.0. The van der Waals surface area contributed by atoms with Gasteiger partial charge in [0.1, 0.15) is 18.0 Å². The number of halogens is 1. The number of ether oxygens (including phenoxy) is 2. The van der Waals surface area contributed by atoms with E-state index in [1.165, 1.54) is 38.5 Å². The third-order valence-electron chi connectivity index (χ3n) is 3.53. The second-order valence-electron chi connectivity index (χ2n) is 5.22. The van der Waals surface area contributed by atoms with Crippen molar-refractivity contribution in [3.63, 3.8) is 0 Å². The van der Waals surface area contributed by atoms with Gasteiger partial charge in [0, 0.05) is 6.07 Å². The number of carbonyl (C=O) groups excluding carboxylic acids is 1. The Balaban J connectivity index is 2.60. The molecule has 0 unspecified atom stereocenters. The van der Waals surface area contributed by atoms with Crippen LogP contribution in [0.5, 0.6) is 11.5 Å². The van der Waals surface area contributed by atoms with E-state index in [2.05, 4.69) is 0 Å². The molecule has 0 saturated heterocycles. The van der Waals surface area contributed by atoms with Crippen molar-refractivity contribution < 1.29 is 22.7 Å². The van der Waals surface area contributed by atoms with Crippen molar-refractivity contribution in [1.82, 2.24) is 0 Å². The van der Waals surface area contributed by atoms with Gasteiger partial charge in [0.2, 0.25) is 5.24 Å². The van der Waals surface area contributed by atoms with E-state index >= 15 is 0 Å². The minimum atomic E-state index is -4.01. The molecule has 6 nitrogen and oxygen atoms in total. The van der Waals surface area contributed by atoms with E-state index in [1.807, 2.05) is 6.92 Å². The molecule has 0 fully saturated rings. The molecule has 0 spiro atoms. The molecule has 0 amide bonds. The molecule has 0 bridgehead atoms. The lowest BCUT2D eigenvalue weighted by atomic mass is 10.2. The first-order valence-electron chi connectivity index (χ1n) is 7.29. The molecule has 0 atom stereocenters. The topological polar surface area (TPSA) is 72.9 Å². The fraction of sp³-hybridized carbons (Fsp3) is 0.235. The lowest BCUT2D eigenvalue weighted by Crippen LogP contribution is -2.34. The summed E-state index contributed by atoms with van der Waals surface area (Å²) >= 11 is 5.48. The molecule has 8 heteroatoms. The lowest BCUT2D eigenvalue weighted by Gasteiger charge is -2.25. The second kappa shape index (κ2) is 7.76. The zero-order valence-electron chi connectivity index (χ0n) is 14.0. The summed E-state index contributed by atoms with van der Waals surface area (Å²) in [6.07, 6.45) is 0. The summed E-state index contributed by atoms with van der Waals surface area (Å²) in [6.45, 7) is 1.32. The van der Waals surface area contributed by atoms with Crippen LogP contribution in [0.25, 0.3) is 0 Å². The zero-order chi connectivity index (χ0) is 18.6. The zero-order valence-corrected chi connectivity index (χ0v) is 15.6. The molecule has 0 aliphatic heterocycles. The van der Waals surface area contributed by atoms with Gasteiger partial charge in [0.25, 0.3) is 10.0 Å². The molecule has 0 radical (unpaired) electrons. The molecular weight excluding hydrogens is 366 g/mol. The Bertz CT molecular complexity index is 865. The van der Waals surface area contributed by atoms with Crippen LogP contribution >= 0.6 is 11.6 Å². The lowest BCUT2D eigenvalue weighted by molar-refractivity contribution is -0.110. The van der Waals surface area contributed by atoms with Crippen molar-refractivity contribution in [3.05, 3.63) is 48.0 Å². The molecule has 2 aromatic rings. The standard InChI is InChI=1S/C17H18ClNO5S/c1-12-4-7-14(8-5-12)25(21,22)19(11-17(18)20)15-9-6-13(23-2)10-16(15)24-3/h4-10H,11H2,1-3H3. The highest BCUT2D eigenvalue weighted by atomic mass is 35.5. The molecule has 25 heavy (non-hydrogen) atoms. The summed E-state index contributed by atoms with van der Waals surface area (Å²) in [5, 5.41) is -0.812. The van der Waals surface area contributed by atoms with Gasteiger partial charge in [-0.05, 0) is 42.8 Å². The molecule has 0 aliphatic rings. The van der Waals surface area contributed by atoms with Gasteiger partial charge in [-0.15, -0.1) is 0 Å². The first-order valence-corrected chi connectivity index (χ1v) is 9.11. The maximum Gasteiger partial charge on any atom is 0.264 e. The molecule has 0 saturated carbocycles. The highest BCUT2D eigenvalue weighted by Gasteiger charge is 2.29. The molecule has 0 aromatic heterocycles. The van der Waals surface area contributed by atoms with Gasteiger partial charge in [0.05, 0.1) is 24.8 Å². The normalized spacial score (nSPS) is 11.0. The number of aryl methyl sites for hydroxylation is 1. The number of hydrogen-bond donors (Lipinski definition) is 0. The van der Waals surface area contributed by atoms with Crippen LogP contribution in [0.2, 0.25) is 0 Å². The van der Waals surface area contributed by atoms with Crippen molar-refractivity contribution in [2.45, 2.75) is 11.8 Å². The number of carbonyl (C=O) groups is 1. The highest BCUT2D eigenvalue weighted by molar-refractivity contribution is 7.92. The molecule has 0 N–H and O–H groups in total. The largest absolute Gasteiger partial charge is 0.497 e. The van der Waals surface area contributed by atoms with E-state index in [4.69, 9.17) is 21.1 Å². The van der Waals surface area contributed by atoms with Crippen LogP contribution in [-0.2, 0) is 14.8 Å². The van der Waals surface area contributed by atoms with E-state index in [1.54, 1.807) is 18.2 Å². The highest BCUT2D eigenvalue weighted by Crippen LogP contribution is 2.35. The summed E-state index contributed by atoms with van der Waals surface area (Å²) in [4.78, 5) is 11.5. The van der Waals surface area contributed by atoms with Gasteiger partial charge in [-0.25, -0.2) is 8.42 Å². The Hall–Kier alpha value is -2.25. The number of nitrogens with zero attached hydrogens (tertiary/aromatic N) is 1. The van der Waals surface area contributed by atoms with Crippen molar-refractivity contribution in [3.8, 4) is 11.5 Å². The van der Waals surface area contributed by atoms with Gasteiger partial charge >= 0.3 is 0 Å². The van der Waals surface area contributed by atoms with E-state index in [9.17, 15) is 13.2 Å². The number of hydrogen-bond acceptors (Lipinski definition) is 5. The quantitative estimate of drug-likeness (QED) is 0.687. The van der Waals surface area contributed by atoms with Gasteiger partial charge in [0.15, 0.2) is 0 Å². The van der Waals surface area contributed by atoms with E-state index in [0.717, 1.165) is 9.87 Å². The average Bonchev–Trinajstić information content (AvgIpc) is 2.59. The minimum Gasteiger partial charge on any atom is -0.497 e. The molecule has 2 aromatic carbocycles. The minimum absolute atomic E-state index is 0.0499. The summed E-state index contributed by atoms with van der Waals surface area (Å²) in [5.41, 5.74) is 1.11. The van der Waals surface area contributed by atoms with Crippen LogP contribution in [0, 0.1) is 6.92 Å². The molecule has 0 aliphatic carbocycles. The monoisotopic (exact) mass is 383 g/mol. The number of rotatable bonds is 7. The Morgan fingerprint density at radius 2 is 1.72 bits per heavy atom. The SMILES string of the molecule is COc1ccc(N(CC(=O)Cl)S(=O)(=O)c2ccc(C)cc2)c(OC)c1. The van der Waals surface area contributed by atoms with E-state index in [0.29, 0.717) is 5.75 Å². The van der Waals surface area contributed by atoms with Crippen LogP contribution in [-0.4, -0.2) is 34.4 Å². The Labute approximate surface area is 152 Å². The Morgan fingerprint density at radius 3 is 2.24 bits per heavy atom. The Morgan fingerprint density at radius 1 is 1.08 bits per heavy atom. The predicted octanol–water partition coefficient (Wildman–Crippen LogP) is 2.97. The van der Waals surface area contributed by atoms with Crippen molar-refractivity contribution in [1.29, 1.82) is 0 Å². The summed E-state index contributed by atoms with van der Waals surface area (Å²) < 4.78 is 37.4. The van der Waals surface area contributed by atoms with E-state index < -0.39 is 21.8 Å². The Kier molecular flexibility index (Phi) is 5.92. The van der Waals surface area contributed by atoms with Crippen molar-refractivity contribution in [2.24, 2.45) is 0 Å². The molecule has 2 rings (SSSR count). The van der Waals surface area contributed by atoms with Crippen molar-refractivity contribution in [2.75, 3.05) is 25.1 Å². The summed E-state index contributed by atoms with van der Waals surface area (Å²) in [7, 11) is -1.13. The smallest absolute Gasteiger partial charge is 0.264 e. The van der Waals surface area contributed by atoms with Gasteiger partial charge in [-0.3, -0.25) is 9.10 Å². The first kappa shape index (κ1) is 19.1.